The lowest BCUT2D eigenvalue weighted by Gasteiger charge is -2.30. The van der Waals surface area contributed by atoms with E-state index < -0.39 is 0 Å². The zero-order chi connectivity index (χ0) is 30.7. The molecule has 0 bridgehead atoms. The monoisotopic (exact) mass is 589 g/mol. The predicted octanol–water partition coefficient (Wildman–Crippen LogP) is 12.6. The van der Waals surface area contributed by atoms with Gasteiger partial charge in [-0.2, -0.15) is 0 Å². The van der Waals surface area contributed by atoms with Gasteiger partial charge in [0.05, 0.1) is 11.4 Å². The molecule has 0 saturated carbocycles. The van der Waals surface area contributed by atoms with Crippen LogP contribution in [0.1, 0.15) is 0 Å². The fraction of sp³-hybridized carbons (Fsp3) is 0. The van der Waals surface area contributed by atoms with Crippen LogP contribution in [0.3, 0.4) is 0 Å². The van der Waals surface area contributed by atoms with Crippen LogP contribution in [0.15, 0.2) is 192 Å². The van der Waals surface area contributed by atoms with Crippen molar-refractivity contribution in [1.29, 1.82) is 0 Å². The van der Waals surface area contributed by atoms with Crippen molar-refractivity contribution in [3.8, 4) is 44.7 Å². The number of hydrogen-bond acceptors (Lipinski definition) is 2. The molecular formula is C44H31NO. The summed E-state index contributed by atoms with van der Waals surface area (Å²) in [7, 11) is 0. The molecule has 2 heteroatoms. The Morgan fingerprint density at radius 3 is 1.46 bits per heavy atom. The van der Waals surface area contributed by atoms with E-state index in [0.29, 0.717) is 0 Å². The van der Waals surface area contributed by atoms with E-state index in [9.17, 15) is 0 Å². The van der Waals surface area contributed by atoms with Crippen LogP contribution < -0.4 is 4.90 Å². The molecule has 46 heavy (non-hydrogen) atoms. The Kier molecular flexibility index (Phi) is 7.22. The molecule has 1 heterocycles. The van der Waals surface area contributed by atoms with Crippen molar-refractivity contribution >= 4 is 28.0 Å². The Balaban J connectivity index is 1.38. The van der Waals surface area contributed by atoms with Gasteiger partial charge in [-0.3, -0.25) is 0 Å². The number of nitrogens with zero attached hydrogens (tertiary/aromatic N) is 1. The lowest BCUT2D eigenvalue weighted by Crippen LogP contribution is -2.12. The summed E-state index contributed by atoms with van der Waals surface area (Å²) in [6, 6.07) is 66.1. The second-order valence-corrected chi connectivity index (χ2v) is 11.3. The number of benzene rings is 7. The van der Waals surface area contributed by atoms with Gasteiger partial charge in [0.1, 0.15) is 11.3 Å². The standard InChI is InChI=1S/C44H31NO/c1-4-17-32(18-5-1)37-25-10-13-28-40(37)45(41-29-14-11-26-38(41)33-19-6-2-7-20-33)36-24-16-23-35(31-36)44-43(34-21-8-3-9-22-34)39-27-12-15-30-42(39)46-44/h1-31H. The number of para-hydroxylation sites is 3. The van der Waals surface area contributed by atoms with Crippen molar-refractivity contribution in [2.75, 3.05) is 4.90 Å². The quantitative estimate of drug-likeness (QED) is 0.184. The number of furan rings is 1. The van der Waals surface area contributed by atoms with Crippen LogP contribution in [0, 0.1) is 0 Å². The molecule has 0 aliphatic heterocycles. The van der Waals surface area contributed by atoms with Crippen LogP contribution >= 0.6 is 0 Å². The molecule has 0 radical (unpaired) electrons. The Labute approximate surface area is 269 Å². The topological polar surface area (TPSA) is 16.4 Å². The first-order valence-corrected chi connectivity index (χ1v) is 15.6. The Hall–Kier alpha value is -6.12. The summed E-state index contributed by atoms with van der Waals surface area (Å²) in [5, 5.41) is 1.11. The van der Waals surface area contributed by atoms with Crippen molar-refractivity contribution in [3.63, 3.8) is 0 Å². The van der Waals surface area contributed by atoms with Crippen molar-refractivity contribution in [3.05, 3.63) is 188 Å². The fourth-order valence-electron chi connectivity index (χ4n) is 6.40. The molecule has 0 unspecified atom stereocenters. The summed E-state index contributed by atoms with van der Waals surface area (Å²) in [5.74, 6) is 0.863. The fourth-order valence-corrected chi connectivity index (χ4v) is 6.40. The number of anilines is 3. The predicted molar refractivity (Wildman–Crippen MR) is 193 cm³/mol. The van der Waals surface area contributed by atoms with E-state index >= 15 is 0 Å². The van der Waals surface area contributed by atoms with Gasteiger partial charge in [0.2, 0.25) is 0 Å². The van der Waals surface area contributed by atoms with Crippen LogP contribution in [0.25, 0.3) is 55.7 Å². The molecular weight excluding hydrogens is 558 g/mol. The molecule has 0 aliphatic rings. The molecule has 0 atom stereocenters. The highest BCUT2D eigenvalue weighted by atomic mass is 16.3. The third kappa shape index (κ3) is 5.06. The Morgan fingerprint density at radius 1 is 0.370 bits per heavy atom. The van der Waals surface area contributed by atoms with Crippen LogP contribution in [0.2, 0.25) is 0 Å². The van der Waals surface area contributed by atoms with Crippen molar-refractivity contribution in [2.45, 2.75) is 0 Å². The molecule has 7 aromatic carbocycles. The molecule has 0 spiro atoms. The summed E-state index contributed by atoms with van der Waals surface area (Å²) < 4.78 is 6.65. The van der Waals surface area contributed by atoms with Crippen LogP contribution in [-0.4, -0.2) is 0 Å². The summed E-state index contributed by atoms with van der Waals surface area (Å²) >= 11 is 0. The summed E-state index contributed by atoms with van der Waals surface area (Å²) in [4.78, 5) is 2.39. The molecule has 0 saturated heterocycles. The van der Waals surface area contributed by atoms with E-state index in [1.807, 2.05) is 12.1 Å². The molecule has 0 fully saturated rings. The maximum atomic E-state index is 6.65. The lowest BCUT2D eigenvalue weighted by molar-refractivity contribution is 0.632. The minimum Gasteiger partial charge on any atom is -0.455 e. The van der Waals surface area contributed by atoms with E-state index in [-0.39, 0.29) is 0 Å². The van der Waals surface area contributed by atoms with Crippen molar-refractivity contribution in [2.24, 2.45) is 0 Å². The SMILES string of the molecule is c1ccc(-c2ccccc2N(c2cccc(-c3oc4ccccc4c3-c3ccccc3)c2)c2ccccc2-c2ccccc2)cc1. The van der Waals surface area contributed by atoms with Gasteiger partial charge in [0.15, 0.2) is 0 Å². The Morgan fingerprint density at radius 2 is 0.848 bits per heavy atom. The number of hydrogen-bond donors (Lipinski definition) is 0. The van der Waals surface area contributed by atoms with Gasteiger partial charge in [-0.25, -0.2) is 0 Å². The van der Waals surface area contributed by atoms with Gasteiger partial charge in [-0.15, -0.1) is 0 Å². The Bertz CT molecular complexity index is 2170. The molecule has 0 N–H and O–H groups in total. The van der Waals surface area contributed by atoms with Gasteiger partial charge < -0.3 is 9.32 Å². The zero-order valence-corrected chi connectivity index (χ0v) is 25.3. The molecule has 8 aromatic rings. The van der Waals surface area contributed by atoms with Crippen molar-refractivity contribution in [1.82, 2.24) is 0 Å². The maximum absolute atomic E-state index is 6.65. The first kappa shape index (κ1) is 27.4. The van der Waals surface area contributed by atoms with E-state index in [0.717, 1.165) is 61.6 Å². The lowest BCUT2D eigenvalue weighted by atomic mass is 9.97. The van der Waals surface area contributed by atoms with E-state index in [2.05, 4.69) is 181 Å². The molecule has 1 aromatic heterocycles. The minimum atomic E-state index is 0.863. The highest BCUT2D eigenvalue weighted by Gasteiger charge is 2.22. The summed E-state index contributed by atoms with van der Waals surface area (Å²) in [6.45, 7) is 0. The first-order valence-electron chi connectivity index (χ1n) is 15.6. The van der Waals surface area contributed by atoms with Crippen molar-refractivity contribution < 1.29 is 4.42 Å². The number of rotatable bonds is 7. The average Bonchev–Trinajstić information content (AvgIpc) is 3.53. The zero-order valence-electron chi connectivity index (χ0n) is 25.3. The van der Waals surface area contributed by atoms with Gasteiger partial charge in [0.25, 0.3) is 0 Å². The van der Waals surface area contributed by atoms with E-state index in [1.54, 1.807) is 0 Å². The molecule has 2 nitrogen and oxygen atoms in total. The number of fused-ring (bicyclic) bond motifs is 1. The van der Waals surface area contributed by atoms with Gasteiger partial charge in [-0.1, -0.05) is 158 Å². The van der Waals surface area contributed by atoms with E-state index in [1.165, 1.54) is 11.1 Å². The third-order valence-electron chi connectivity index (χ3n) is 8.48. The first-order chi connectivity index (χ1) is 22.8. The average molecular weight is 590 g/mol. The van der Waals surface area contributed by atoms with E-state index in [4.69, 9.17) is 4.42 Å². The van der Waals surface area contributed by atoms with Gasteiger partial charge in [0, 0.05) is 33.3 Å². The molecule has 8 rings (SSSR count). The maximum Gasteiger partial charge on any atom is 0.143 e. The highest BCUT2D eigenvalue weighted by Crippen LogP contribution is 2.47. The smallest absolute Gasteiger partial charge is 0.143 e. The minimum absolute atomic E-state index is 0.863. The second-order valence-electron chi connectivity index (χ2n) is 11.3. The van der Waals surface area contributed by atoms with Crippen LogP contribution in [-0.2, 0) is 0 Å². The largest absolute Gasteiger partial charge is 0.455 e. The summed E-state index contributed by atoms with van der Waals surface area (Å²) in [5.41, 5.74) is 12.0. The molecule has 0 amide bonds. The van der Waals surface area contributed by atoms with Crippen LogP contribution in [0.4, 0.5) is 17.1 Å². The second kappa shape index (κ2) is 12.1. The van der Waals surface area contributed by atoms with Crippen LogP contribution in [0.5, 0.6) is 0 Å². The third-order valence-corrected chi connectivity index (χ3v) is 8.48. The summed E-state index contributed by atoms with van der Waals surface area (Å²) in [6.07, 6.45) is 0. The molecule has 0 aliphatic carbocycles. The highest BCUT2D eigenvalue weighted by molar-refractivity contribution is 6.02. The molecule has 218 valence electrons. The van der Waals surface area contributed by atoms with Gasteiger partial charge >= 0.3 is 0 Å². The van der Waals surface area contributed by atoms with Gasteiger partial charge in [-0.05, 0) is 47.0 Å². The normalized spacial score (nSPS) is 11.0.